The van der Waals surface area contributed by atoms with Gasteiger partial charge in [0.25, 0.3) is 0 Å². The van der Waals surface area contributed by atoms with Gasteiger partial charge in [-0.15, -0.1) is 0 Å². The van der Waals surface area contributed by atoms with Gasteiger partial charge in [-0.2, -0.15) is 0 Å². The number of halogens is 2. The van der Waals surface area contributed by atoms with Crippen LogP contribution in [0.4, 0.5) is 0 Å². The van der Waals surface area contributed by atoms with E-state index >= 15 is 0 Å². The van der Waals surface area contributed by atoms with Crippen molar-refractivity contribution >= 4 is 38.6 Å². The van der Waals surface area contributed by atoms with E-state index in [0.717, 1.165) is 38.2 Å². The summed E-state index contributed by atoms with van der Waals surface area (Å²) in [5.41, 5.74) is 4.74. The molecule has 0 atom stereocenters. The van der Waals surface area contributed by atoms with Gasteiger partial charge in [0.1, 0.15) is 5.82 Å². The van der Waals surface area contributed by atoms with Gasteiger partial charge in [0.15, 0.2) is 0 Å². The number of nitrogens with one attached hydrogen (secondary N) is 1. The molecular weight excluding hydrogens is 374 g/mol. The molecule has 0 saturated carbocycles. The lowest BCUT2D eigenvalue weighted by Gasteiger charge is -2.04. The Morgan fingerprint density at radius 3 is 2.52 bits per heavy atom. The van der Waals surface area contributed by atoms with Crippen LogP contribution in [0.1, 0.15) is 0 Å². The molecule has 0 bridgehead atoms. The molecular formula is C18H11BrClN3. The van der Waals surface area contributed by atoms with Crippen LogP contribution in [-0.2, 0) is 0 Å². The molecule has 0 aliphatic heterocycles. The Morgan fingerprint density at radius 2 is 1.74 bits per heavy atom. The number of H-pyrrole nitrogens is 1. The number of aromatic amines is 1. The molecule has 5 heteroatoms. The van der Waals surface area contributed by atoms with Crippen molar-refractivity contribution in [1.82, 2.24) is 15.0 Å². The fraction of sp³-hybridized carbons (Fsp3) is 0. The number of imidazole rings is 1. The van der Waals surface area contributed by atoms with Crippen molar-refractivity contribution in [1.29, 1.82) is 0 Å². The molecule has 0 amide bonds. The van der Waals surface area contributed by atoms with Crippen LogP contribution in [0.5, 0.6) is 0 Å². The van der Waals surface area contributed by atoms with Gasteiger partial charge in [-0.05, 0) is 30.3 Å². The number of aromatic nitrogens is 3. The van der Waals surface area contributed by atoms with Gasteiger partial charge in [0.2, 0.25) is 0 Å². The van der Waals surface area contributed by atoms with Crippen molar-refractivity contribution in [3.05, 3.63) is 70.3 Å². The molecule has 0 saturated heterocycles. The average Bonchev–Trinajstić information content (AvgIpc) is 2.98. The Morgan fingerprint density at radius 1 is 0.957 bits per heavy atom. The minimum atomic E-state index is 0.647. The molecule has 0 radical (unpaired) electrons. The van der Waals surface area contributed by atoms with E-state index < -0.39 is 0 Å². The lowest BCUT2D eigenvalue weighted by molar-refractivity contribution is 1.31. The molecule has 4 aromatic rings. The minimum absolute atomic E-state index is 0.647. The van der Waals surface area contributed by atoms with E-state index in [4.69, 9.17) is 11.6 Å². The molecule has 2 aromatic heterocycles. The first-order chi connectivity index (χ1) is 11.2. The molecule has 0 aliphatic rings. The SMILES string of the molecule is Clc1cccnc1-c1ccc(-c2nc3ccc(Br)cc3[nH]2)cc1. The van der Waals surface area contributed by atoms with Crippen LogP contribution >= 0.6 is 27.5 Å². The van der Waals surface area contributed by atoms with E-state index in [0.29, 0.717) is 5.02 Å². The van der Waals surface area contributed by atoms with Gasteiger partial charge in [-0.3, -0.25) is 4.98 Å². The second-order valence-corrected chi connectivity index (χ2v) is 6.48. The first kappa shape index (κ1) is 14.4. The largest absolute Gasteiger partial charge is 0.338 e. The lowest BCUT2D eigenvalue weighted by atomic mass is 10.1. The maximum atomic E-state index is 6.20. The highest BCUT2D eigenvalue weighted by Gasteiger charge is 2.08. The second-order valence-electron chi connectivity index (χ2n) is 5.16. The predicted octanol–water partition coefficient (Wildman–Crippen LogP) is 5.71. The maximum absolute atomic E-state index is 6.20. The van der Waals surface area contributed by atoms with Crippen LogP contribution in [0.15, 0.2) is 65.3 Å². The molecule has 0 unspecified atom stereocenters. The first-order valence-corrected chi connectivity index (χ1v) is 8.24. The highest BCUT2D eigenvalue weighted by atomic mass is 79.9. The Balaban J connectivity index is 1.73. The molecule has 1 N–H and O–H groups in total. The van der Waals surface area contributed by atoms with Crippen molar-refractivity contribution in [2.24, 2.45) is 0 Å². The molecule has 2 aromatic carbocycles. The third-order valence-corrected chi connectivity index (χ3v) is 4.43. The van der Waals surface area contributed by atoms with Gasteiger partial charge in [-0.25, -0.2) is 4.98 Å². The van der Waals surface area contributed by atoms with Crippen LogP contribution in [0.25, 0.3) is 33.7 Å². The quantitative estimate of drug-likeness (QED) is 0.481. The van der Waals surface area contributed by atoms with E-state index in [1.54, 1.807) is 6.20 Å². The van der Waals surface area contributed by atoms with Gasteiger partial charge < -0.3 is 4.98 Å². The van der Waals surface area contributed by atoms with Crippen LogP contribution in [0.2, 0.25) is 5.02 Å². The monoisotopic (exact) mass is 383 g/mol. The number of rotatable bonds is 2. The van der Waals surface area contributed by atoms with E-state index in [2.05, 4.69) is 30.9 Å². The third-order valence-electron chi connectivity index (χ3n) is 3.63. The molecule has 2 heterocycles. The molecule has 0 aliphatic carbocycles. The summed E-state index contributed by atoms with van der Waals surface area (Å²) in [7, 11) is 0. The Hall–Kier alpha value is -2.17. The zero-order chi connectivity index (χ0) is 15.8. The molecule has 23 heavy (non-hydrogen) atoms. The summed E-state index contributed by atoms with van der Waals surface area (Å²) in [6, 6.07) is 17.7. The number of fused-ring (bicyclic) bond motifs is 1. The summed E-state index contributed by atoms with van der Waals surface area (Å²) in [5.74, 6) is 0.844. The van der Waals surface area contributed by atoms with E-state index in [1.165, 1.54) is 0 Å². The van der Waals surface area contributed by atoms with Crippen molar-refractivity contribution in [2.45, 2.75) is 0 Å². The second kappa shape index (κ2) is 5.80. The van der Waals surface area contributed by atoms with Crippen molar-refractivity contribution < 1.29 is 0 Å². The summed E-state index contributed by atoms with van der Waals surface area (Å²) in [5, 5.41) is 0.647. The van der Waals surface area contributed by atoms with Crippen molar-refractivity contribution in [3.63, 3.8) is 0 Å². The van der Waals surface area contributed by atoms with Crippen LogP contribution in [-0.4, -0.2) is 15.0 Å². The van der Waals surface area contributed by atoms with Crippen molar-refractivity contribution in [3.8, 4) is 22.6 Å². The minimum Gasteiger partial charge on any atom is -0.338 e. The van der Waals surface area contributed by atoms with Crippen LogP contribution < -0.4 is 0 Å². The topological polar surface area (TPSA) is 41.6 Å². The Bertz CT molecular complexity index is 993. The van der Waals surface area contributed by atoms with Gasteiger partial charge >= 0.3 is 0 Å². The van der Waals surface area contributed by atoms with E-state index in [1.807, 2.05) is 54.6 Å². The summed E-state index contributed by atoms with van der Waals surface area (Å²) >= 11 is 9.67. The summed E-state index contributed by atoms with van der Waals surface area (Å²) < 4.78 is 1.03. The van der Waals surface area contributed by atoms with Gasteiger partial charge in [0.05, 0.1) is 21.7 Å². The predicted molar refractivity (Wildman–Crippen MR) is 97.5 cm³/mol. The van der Waals surface area contributed by atoms with Crippen LogP contribution in [0.3, 0.4) is 0 Å². The third kappa shape index (κ3) is 2.76. The number of hydrogen-bond donors (Lipinski definition) is 1. The average molecular weight is 385 g/mol. The van der Waals surface area contributed by atoms with Gasteiger partial charge in [0, 0.05) is 21.8 Å². The highest BCUT2D eigenvalue weighted by molar-refractivity contribution is 9.10. The Kier molecular flexibility index (Phi) is 3.63. The van der Waals surface area contributed by atoms with Crippen LogP contribution in [0, 0.1) is 0 Å². The smallest absolute Gasteiger partial charge is 0.138 e. The van der Waals surface area contributed by atoms with E-state index in [-0.39, 0.29) is 0 Å². The fourth-order valence-electron chi connectivity index (χ4n) is 2.50. The zero-order valence-corrected chi connectivity index (χ0v) is 14.3. The van der Waals surface area contributed by atoms with Gasteiger partial charge in [-0.1, -0.05) is 51.8 Å². The highest BCUT2D eigenvalue weighted by Crippen LogP contribution is 2.28. The normalized spacial score (nSPS) is 11.0. The summed E-state index contributed by atoms with van der Waals surface area (Å²) in [4.78, 5) is 12.3. The van der Waals surface area contributed by atoms with E-state index in [9.17, 15) is 0 Å². The summed E-state index contributed by atoms with van der Waals surface area (Å²) in [6.45, 7) is 0. The maximum Gasteiger partial charge on any atom is 0.138 e. The number of benzene rings is 2. The summed E-state index contributed by atoms with van der Waals surface area (Å²) in [6.07, 6.45) is 1.74. The standard InChI is InChI=1S/C18H11BrClN3/c19-13-7-8-15-16(10-13)23-18(22-15)12-5-3-11(4-6-12)17-14(20)2-1-9-21-17/h1-10H,(H,22,23). The zero-order valence-electron chi connectivity index (χ0n) is 11.9. The van der Waals surface area contributed by atoms with Crippen molar-refractivity contribution in [2.75, 3.05) is 0 Å². The number of nitrogens with zero attached hydrogens (tertiary/aromatic N) is 2. The number of hydrogen-bond acceptors (Lipinski definition) is 2. The fourth-order valence-corrected chi connectivity index (χ4v) is 3.09. The number of pyridine rings is 1. The molecule has 0 spiro atoms. The molecule has 3 nitrogen and oxygen atoms in total. The first-order valence-electron chi connectivity index (χ1n) is 7.07. The lowest BCUT2D eigenvalue weighted by Crippen LogP contribution is -1.85. The molecule has 4 rings (SSSR count). The molecule has 112 valence electrons. The Labute approximate surface area is 146 Å². The molecule has 0 fully saturated rings.